The van der Waals surface area contributed by atoms with E-state index in [0.717, 1.165) is 0 Å². The summed E-state index contributed by atoms with van der Waals surface area (Å²) in [6.45, 7) is -0.421. The van der Waals surface area contributed by atoms with Gasteiger partial charge in [0.25, 0.3) is 5.91 Å². The van der Waals surface area contributed by atoms with E-state index in [-0.39, 0.29) is 26.4 Å². The highest BCUT2D eigenvalue weighted by Gasteiger charge is 2.38. The van der Waals surface area contributed by atoms with Gasteiger partial charge < -0.3 is 31.4 Å². The molecule has 0 bridgehead atoms. The van der Waals surface area contributed by atoms with Crippen LogP contribution in [0.15, 0.2) is 45.9 Å². The molecule has 17 heteroatoms. The molecule has 0 heterocycles. The molecule has 0 spiro atoms. The smallest absolute Gasteiger partial charge is 0.490 e. The molecular weight excluding hydrogens is 607 g/mol. The first-order valence-electron chi connectivity index (χ1n) is 10.0. The van der Waals surface area contributed by atoms with Crippen LogP contribution in [-0.4, -0.2) is 58.1 Å². The van der Waals surface area contributed by atoms with Crippen molar-refractivity contribution in [3.63, 3.8) is 0 Å². The van der Waals surface area contributed by atoms with Crippen molar-refractivity contribution in [2.24, 2.45) is 10.8 Å². The van der Waals surface area contributed by atoms with Crippen molar-refractivity contribution in [2.45, 2.75) is 18.6 Å². The lowest BCUT2D eigenvalue weighted by Crippen LogP contribution is -2.39. The van der Waals surface area contributed by atoms with Crippen LogP contribution in [0, 0.1) is 0 Å². The van der Waals surface area contributed by atoms with Crippen molar-refractivity contribution < 1.29 is 47.7 Å². The van der Waals surface area contributed by atoms with Crippen molar-refractivity contribution in [2.75, 3.05) is 6.54 Å². The van der Waals surface area contributed by atoms with Crippen molar-refractivity contribution >= 4 is 63.3 Å². The van der Waals surface area contributed by atoms with E-state index in [9.17, 15) is 37.8 Å². The highest BCUT2D eigenvalue weighted by atomic mass is 79.9. The number of aromatic hydroxyl groups is 1. The van der Waals surface area contributed by atoms with Gasteiger partial charge in [0.05, 0.1) is 29.2 Å². The Morgan fingerprint density at radius 3 is 2.34 bits per heavy atom. The van der Waals surface area contributed by atoms with Crippen LogP contribution in [0.4, 0.5) is 18.9 Å². The molecule has 0 aliphatic heterocycles. The SMILES string of the molecule is NNC=Nc1cccc(C(=O)NCC(=O)NC(CC(=O)O)c2cc(Cl)cc(Br)c2O)c1.O=C(O)C(F)(F)F. The van der Waals surface area contributed by atoms with Gasteiger partial charge in [-0.25, -0.2) is 15.6 Å². The summed E-state index contributed by atoms with van der Waals surface area (Å²) in [7, 11) is 0. The fourth-order valence-corrected chi connectivity index (χ4v) is 3.45. The van der Waals surface area contributed by atoms with Gasteiger partial charge in [-0.3, -0.25) is 14.4 Å². The van der Waals surface area contributed by atoms with E-state index in [1.165, 1.54) is 30.6 Å². The minimum atomic E-state index is -5.08. The highest BCUT2D eigenvalue weighted by Crippen LogP contribution is 2.36. The van der Waals surface area contributed by atoms with E-state index in [1.54, 1.807) is 12.1 Å². The van der Waals surface area contributed by atoms with Crippen LogP contribution < -0.4 is 21.9 Å². The van der Waals surface area contributed by atoms with E-state index >= 15 is 0 Å². The first-order valence-corrected chi connectivity index (χ1v) is 11.2. The topological polar surface area (TPSA) is 203 Å². The molecule has 0 aliphatic carbocycles. The molecular formula is C21H20BrClF3N5O7. The Bertz CT molecular complexity index is 1210. The third kappa shape index (κ3) is 11.0. The Labute approximate surface area is 225 Å². The molecule has 2 rings (SSSR count). The van der Waals surface area contributed by atoms with Crippen molar-refractivity contribution in [3.05, 3.63) is 57.0 Å². The standard InChI is InChI=1S/C19H19BrClN5O5.C2HF3O2/c20-14-6-11(21)5-13(18(14)30)15(7-17(28)29)26-16(27)8-23-19(31)10-2-1-3-12(4-10)24-9-25-22;3-2(4,5)1(6)7/h1-6,9,15,30H,7-8,22H2,(H,23,31)(H,24,25)(H,26,27)(H,28,29);(H,6,7). The maximum absolute atomic E-state index is 12.3. The highest BCUT2D eigenvalue weighted by molar-refractivity contribution is 9.10. The lowest BCUT2D eigenvalue weighted by atomic mass is 10.0. The normalized spacial score (nSPS) is 11.6. The maximum Gasteiger partial charge on any atom is 0.490 e. The number of nitrogens with one attached hydrogen (secondary N) is 3. The predicted octanol–water partition coefficient (Wildman–Crippen LogP) is 2.63. The number of hydrazine groups is 1. The molecule has 1 unspecified atom stereocenters. The average molecular weight is 627 g/mol. The molecule has 0 fully saturated rings. The number of rotatable bonds is 9. The zero-order chi connectivity index (χ0) is 29.0. The van der Waals surface area contributed by atoms with Crippen molar-refractivity contribution in [3.8, 4) is 5.75 Å². The number of hydrogen-bond acceptors (Lipinski definition) is 7. The second-order valence-corrected chi connectivity index (χ2v) is 8.29. The summed E-state index contributed by atoms with van der Waals surface area (Å²) >= 11 is 9.10. The number of alkyl halides is 3. The van der Waals surface area contributed by atoms with Gasteiger partial charge >= 0.3 is 18.1 Å². The third-order valence-corrected chi connectivity index (χ3v) is 5.02. The largest absolute Gasteiger partial charge is 0.506 e. The van der Waals surface area contributed by atoms with E-state index in [4.69, 9.17) is 27.3 Å². The lowest BCUT2D eigenvalue weighted by Gasteiger charge is -2.20. The molecule has 2 aromatic carbocycles. The molecule has 38 heavy (non-hydrogen) atoms. The molecule has 0 saturated heterocycles. The Hall–Kier alpha value is -3.89. The van der Waals surface area contributed by atoms with E-state index in [1.807, 2.05) is 0 Å². The number of hydrogen-bond donors (Lipinski definition) is 7. The number of aliphatic carboxylic acids is 2. The third-order valence-electron chi connectivity index (χ3n) is 4.20. The molecule has 206 valence electrons. The Kier molecular flexibility index (Phi) is 12.5. The van der Waals surface area contributed by atoms with Gasteiger partial charge in [-0.15, -0.1) is 0 Å². The number of benzene rings is 2. The van der Waals surface area contributed by atoms with Gasteiger partial charge in [-0.1, -0.05) is 17.7 Å². The summed E-state index contributed by atoms with van der Waals surface area (Å²) in [5.74, 6) is -0.283. The number of amides is 2. The Balaban J connectivity index is 0.000000905. The summed E-state index contributed by atoms with van der Waals surface area (Å²) < 4.78 is 32.0. The van der Waals surface area contributed by atoms with E-state index in [2.05, 4.69) is 37.0 Å². The van der Waals surface area contributed by atoms with E-state index < -0.39 is 48.9 Å². The number of phenolic OH excluding ortho intramolecular Hbond substituents is 1. The molecule has 8 N–H and O–H groups in total. The summed E-state index contributed by atoms with van der Waals surface area (Å²) in [6.07, 6.45) is -4.34. The number of phenols is 1. The first-order chi connectivity index (χ1) is 17.6. The summed E-state index contributed by atoms with van der Waals surface area (Å²) in [5.41, 5.74) is 3.10. The molecule has 1 atom stereocenters. The summed E-state index contributed by atoms with van der Waals surface area (Å²) in [4.78, 5) is 48.8. The number of aliphatic imine (C=N–C) groups is 1. The second kappa shape index (κ2) is 14.7. The quantitative estimate of drug-likeness (QED) is 0.0945. The van der Waals surface area contributed by atoms with Crippen LogP contribution in [0.5, 0.6) is 5.75 Å². The zero-order valence-corrected chi connectivity index (χ0v) is 21.3. The number of carbonyl (C=O) groups excluding carboxylic acids is 2. The number of carboxylic acids is 2. The summed E-state index contributed by atoms with van der Waals surface area (Å²) in [6, 6.07) is 8.02. The van der Waals surface area contributed by atoms with Crippen LogP contribution in [-0.2, 0) is 14.4 Å². The molecule has 0 saturated carbocycles. The van der Waals surface area contributed by atoms with Gasteiger partial charge in [0.2, 0.25) is 5.91 Å². The predicted molar refractivity (Wildman–Crippen MR) is 132 cm³/mol. The second-order valence-electron chi connectivity index (χ2n) is 7.00. The van der Waals surface area contributed by atoms with Gasteiger partial charge in [-0.05, 0) is 46.3 Å². The van der Waals surface area contributed by atoms with Crippen molar-refractivity contribution in [1.29, 1.82) is 0 Å². The van der Waals surface area contributed by atoms with Crippen LogP contribution in [0.3, 0.4) is 0 Å². The zero-order valence-electron chi connectivity index (χ0n) is 18.9. The van der Waals surface area contributed by atoms with Crippen LogP contribution in [0.1, 0.15) is 28.4 Å². The molecule has 12 nitrogen and oxygen atoms in total. The molecule has 0 aromatic heterocycles. The molecule has 2 aromatic rings. The summed E-state index contributed by atoms with van der Waals surface area (Å²) in [5, 5.41) is 31.7. The van der Waals surface area contributed by atoms with Crippen LogP contribution in [0.2, 0.25) is 5.02 Å². The van der Waals surface area contributed by atoms with Gasteiger partial charge in [-0.2, -0.15) is 13.2 Å². The molecule has 2 amide bonds. The number of halogens is 5. The van der Waals surface area contributed by atoms with Crippen molar-refractivity contribution in [1.82, 2.24) is 16.1 Å². The Morgan fingerprint density at radius 2 is 1.79 bits per heavy atom. The van der Waals surface area contributed by atoms with E-state index in [0.29, 0.717) is 5.69 Å². The van der Waals surface area contributed by atoms with Gasteiger partial charge in [0, 0.05) is 16.1 Å². The van der Waals surface area contributed by atoms with Crippen LogP contribution >= 0.6 is 27.5 Å². The first kappa shape index (κ1) is 32.1. The van der Waals surface area contributed by atoms with Gasteiger partial charge in [0.1, 0.15) is 12.1 Å². The average Bonchev–Trinajstić information content (AvgIpc) is 2.82. The number of carboxylic acid groups (broad SMARTS) is 2. The number of nitrogens with two attached hydrogens (primary N) is 1. The number of nitrogens with zero attached hydrogens (tertiary/aromatic N) is 1. The van der Waals surface area contributed by atoms with Crippen LogP contribution in [0.25, 0.3) is 0 Å². The molecule has 0 radical (unpaired) electrons. The lowest BCUT2D eigenvalue weighted by molar-refractivity contribution is -0.192. The fraction of sp³-hybridized carbons (Fsp3) is 0.190. The van der Waals surface area contributed by atoms with Gasteiger partial charge in [0.15, 0.2) is 0 Å². The monoisotopic (exact) mass is 625 g/mol. The maximum atomic E-state index is 12.3. The molecule has 0 aliphatic rings. The fourth-order valence-electron chi connectivity index (χ4n) is 2.61. The minimum absolute atomic E-state index is 0.125. The Morgan fingerprint density at radius 1 is 1.16 bits per heavy atom. The number of carbonyl (C=O) groups is 4. The minimum Gasteiger partial charge on any atom is -0.506 e.